The van der Waals surface area contributed by atoms with Gasteiger partial charge in [-0.3, -0.25) is 19.6 Å². The zero-order valence-corrected chi connectivity index (χ0v) is 29.7. The number of benzene rings is 2. The number of carbonyl (C=O) groups excluding carboxylic acids is 1. The molecule has 1 spiro atoms. The van der Waals surface area contributed by atoms with Crippen molar-refractivity contribution in [3.8, 4) is 34.0 Å². The molecule has 11 heteroatoms. The van der Waals surface area contributed by atoms with Crippen LogP contribution in [0.15, 0.2) is 48.7 Å². The van der Waals surface area contributed by atoms with Crippen LogP contribution in [0.4, 0.5) is 0 Å². The number of pyridine rings is 1. The van der Waals surface area contributed by atoms with Gasteiger partial charge >= 0.3 is 0 Å². The third kappa shape index (κ3) is 6.67. The van der Waals surface area contributed by atoms with Crippen molar-refractivity contribution in [2.45, 2.75) is 58.2 Å². The fourth-order valence-electron chi connectivity index (χ4n) is 7.74. The van der Waals surface area contributed by atoms with Crippen molar-refractivity contribution in [1.82, 2.24) is 24.8 Å². The molecule has 1 saturated heterocycles. The van der Waals surface area contributed by atoms with Gasteiger partial charge in [-0.15, -0.1) is 0 Å². The first-order valence-corrected chi connectivity index (χ1v) is 17.7. The molecule has 0 amide bonds. The minimum atomic E-state index is -0.158. The molecule has 2 fully saturated rings. The van der Waals surface area contributed by atoms with Crippen LogP contribution >= 0.6 is 23.2 Å². The lowest BCUT2D eigenvalue weighted by atomic mass is 9.62. The molecule has 0 unspecified atom stereocenters. The second-order valence-corrected chi connectivity index (χ2v) is 14.4. The Morgan fingerprint density at radius 3 is 2.45 bits per heavy atom. The third-order valence-corrected chi connectivity index (χ3v) is 10.9. The molecule has 4 aromatic rings. The molecule has 7 rings (SSSR count). The highest BCUT2D eigenvalue weighted by molar-refractivity contribution is 6.38. The number of hydrogen-bond acceptors (Lipinski definition) is 9. The van der Waals surface area contributed by atoms with E-state index >= 15 is 0 Å². The number of halogens is 2. The van der Waals surface area contributed by atoms with Gasteiger partial charge in [0.2, 0.25) is 5.88 Å². The second-order valence-electron chi connectivity index (χ2n) is 13.6. The third-order valence-electron chi connectivity index (χ3n) is 10.1. The van der Waals surface area contributed by atoms with Crippen LogP contribution in [0.25, 0.3) is 22.4 Å². The van der Waals surface area contributed by atoms with Crippen LogP contribution in [0.1, 0.15) is 59.2 Å². The number of likely N-dealkylation sites (tertiary alicyclic amines) is 1. The van der Waals surface area contributed by atoms with E-state index in [-0.39, 0.29) is 23.7 Å². The molecule has 2 aromatic carbocycles. The smallest absolute Gasteiger partial charge is 0.237 e. The Morgan fingerprint density at radius 1 is 1.00 bits per heavy atom. The predicted octanol–water partition coefficient (Wildman–Crippen LogP) is 6.68. The van der Waals surface area contributed by atoms with E-state index in [0.29, 0.717) is 57.3 Å². The van der Waals surface area contributed by atoms with Gasteiger partial charge < -0.3 is 14.6 Å². The number of carbonyl (C=O) groups is 1. The van der Waals surface area contributed by atoms with Crippen LogP contribution in [0.3, 0.4) is 0 Å². The molecule has 1 aliphatic carbocycles. The van der Waals surface area contributed by atoms with Crippen molar-refractivity contribution < 1.29 is 19.4 Å². The Kier molecular flexibility index (Phi) is 9.65. The lowest BCUT2D eigenvalue weighted by Gasteiger charge is -2.57. The predicted molar refractivity (Wildman–Crippen MR) is 191 cm³/mol. The van der Waals surface area contributed by atoms with Crippen LogP contribution in [0, 0.1) is 5.41 Å². The first-order chi connectivity index (χ1) is 23.7. The minimum Gasteiger partial charge on any atom is -0.496 e. The summed E-state index contributed by atoms with van der Waals surface area (Å²) in [5.74, 6) is 1.04. The monoisotopic (exact) mass is 701 g/mol. The maximum atomic E-state index is 13.7. The highest BCUT2D eigenvalue weighted by Crippen LogP contribution is 2.49. The molecular weight excluding hydrogens is 661 g/mol. The SMILES string of the molecule is CCCN1CCc2c(OC)cc(C(=O)Cc3cccc(-c4cccc(-c5cnc(CN6CC7(CC(O)C7)C6)c(OC)n5)c4Cl)c3Cl)nc2C1. The van der Waals surface area contributed by atoms with Gasteiger partial charge in [0.25, 0.3) is 0 Å². The summed E-state index contributed by atoms with van der Waals surface area (Å²) in [5.41, 5.74) is 6.80. The number of aliphatic hydroxyl groups excluding tert-OH is 1. The number of rotatable bonds is 11. The van der Waals surface area contributed by atoms with Crippen LogP contribution in [0.5, 0.6) is 11.6 Å². The Morgan fingerprint density at radius 2 is 1.73 bits per heavy atom. The van der Waals surface area contributed by atoms with E-state index in [4.69, 9.17) is 47.6 Å². The quantitative estimate of drug-likeness (QED) is 0.172. The molecule has 0 bridgehead atoms. The van der Waals surface area contributed by atoms with Crippen LogP contribution < -0.4 is 9.47 Å². The van der Waals surface area contributed by atoms with E-state index in [1.165, 1.54) is 0 Å². The van der Waals surface area contributed by atoms with Gasteiger partial charge in [0, 0.05) is 72.9 Å². The molecule has 4 heterocycles. The van der Waals surface area contributed by atoms with Crippen molar-refractivity contribution >= 4 is 29.0 Å². The molecule has 9 nitrogen and oxygen atoms in total. The molecule has 49 heavy (non-hydrogen) atoms. The molecule has 1 saturated carbocycles. The van der Waals surface area contributed by atoms with E-state index < -0.39 is 0 Å². The summed E-state index contributed by atoms with van der Waals surface area (Å²) in [6.07, 6.45) is 5.32. The summed E-state index contributed by atoms with van der Waals surface area (Å²) in [5, 5.41) is 10.7. The number of hydrogen-bond donors (Lipinski definition) is 1. The number of aliphatic hydroxyl groups is 1. The molecule has 256 valence electrons. The Bertz CT molecular complexity index is 1890. The first-order valence-electron chi connectivity index (χ1n) is 16.9. The van der Waals surface area contributed by atoms with E-state index in [0.717, 1.165) is 79.9 Å². The van der Waals surface area contributed by atoms with Crippen molar-refractivity contribution in [3.05, 3.63) is 86.9 Å². The van der Waals surface area contributed by atoms with Crippen LogP contribution in [-0.2, 0) is 25.9 Å². The summed E-state index contributed by atoms with van der Waals surface area (Å²) in [4.78, 5) is 32.7. The van der Waals surface area contributed by atoms with Gasteiger partial charge in [0.1, 0.15) is 17.1 Å². The zero-order valence-electron chi connectivity index (χ0n) is 28.1. The Hall–Kier alpha value is -3.60. The largest absolute Gasteiger partial charge is 0.496 e. The standard InChI is InChI=1S/C38H41Cl2N5O4/c1-4-12-44-13-11-27-31(19-44)42-29(15-34(27)48-2)33(47)14-23-7-5-8-25(35(23)39)26-9-6-10-28(36(26)40)30-18-41-32(37(43-30)49-3)20-45-21-38(22-45)16-24(46)17-38/h5-10,15,18,24,46H,4,11-14,16-17,19-22H2,1-3H3. The highest BCUT2D eigenvalue weighted by Gasteiger charge is 2.51. The Balaban J connectivity index is 1.11. The first kappa shape index (κ1) is 33.9. The summed E-state index contributed by atoms with van der Waals surface area (Å²) in [6, 6.07) is 13.1. The average molecular weight is 703 g/mol. The summed E-state index contributed by atoms with van der Waals surface area (Å²) < 4.78 is 11.4. The highest BCUT2D eigenvalue weighted by atomic mass is 35.5. The zero-order chi connectivity index (χ0) is 34.3. The topological polar surface area (TPSA) is 101 Å². The van der Waals surface area contributed by atoms with E-state index in [9.17, 15) is 9.90 Å². The van der Waals surface area contributed by atoms with Gasteiger partial charge in [0.15, 0.2) is 5.78 Å². The van der Waals surface area contributed by atoms with Gasteiger partial charge in [-0.1, -0.05) is 66.5 Å². The van der Waals surface area contributed by atoms with Gasteiger partial charge in [-0.2, -0.15) is 0 Å². The number of Topliss-reactive ketones (excluding diaryl/α,β-unsaturated/α-hetero) is 1. The average Bonchev–Trinajstić information content (AvgIpc) is 3.07. The fourth-order valence-corrected chi connectivity index (χ4v) is 8.36. The van der Waals surface area contributed by atoms with Gasteiger partial charge in [0.05, 0.1) is 48.0 Å². The lowest BCUT2D eigenvalue weighted by Crippen LogP contribution is -2.63. The molecule has 2 aromatic heterocycles. The Labute approximate surface area is 297 Å². The number of ether oxygens (including phenoxy) is 2. The number of ketones is 1. The fraction of sp³-hybridized carbons (Fsp3) is 0.421. The van der Waals surface area contributed by atoms with Crippen molar-refractivity contribution in [2.24, 2.45) is 5.41 Å². The lowest BCUT2D eigenvalue weighted by molar-refractivity contribution is -0.131. The molecule has 2 aliphatic heterocycles. The molecule has 3 aliphatic rings. The van der Waals surface area contributed by atoms with E-state index in [2.05, 4.69) is 16.7 Å². The molecule has 0 radical (unpaired) electrons. The minimum absolute atomic E-state index is 0.0838. The molecule has 1 N–H and O–H groups in total. The summed E-state index contributed by atoms with van der Waals surface area (Å²) in [6.45, 7) is 7.35. The number of methoxy groups -OCH3 is 2. The maximum Gasteiger partial charge on any atom is 0.237 e. The number of fused-ring (bicyclic) bond motifs is 1. The molecule has 0 atom stereocenters. The maximum absolute atomic E-state index is 13.7. The van der Waals surface area contributed by atoms with Crippen LogP contribution in [-0.4, -0.2) is 82.1 Å². The number of aromatic nitrogens is 3. The van der Waals surface area contributed by atoms with Crippen molar-refractivity contribution in [3.63, 3.8) is 0 Å². The number of nitrogens with zero attached hydrogens (tertiary/aromatic N) is 5. The molecular formula is C38H41Cl2N5O4. The second kappa shape index (κ2) is 14.0. The summed E-state index contributed by atoms with van der Waals surface area (Å²) >= 11 is 14.1. The van der Waals surface area contributed by atoms with Gasteiger partial charge in [-0.25, -0.2) is 9.97 Å². The van der Waals surface area contributed by atoms with Crippen LogP contribution in [0.2, 0.25) is 10.0 Å². The normalized spacial score (nSPS) is 17.3. The van der Waals surface area contributed by atoms with E-state index in [1.54, 1.807) is 26.5 Å². The van der Waals surface area contributed by atoms with Crippen molar-refractivity contribution in [1.29, 1.82) is 0 Å². The van der Waals surface area contributed by atoms with Crippen molar-refractivity contribution in [2.75, 3.05) is 40.4 Å². The summed E-state index contributed by atoms with van der Waals surface area (Å²) in [7, 11) is 3.24. The van der Waals surface area contributed by atoms with E-state index in [1.807, 2.05) is 36.4 Å². The van der Waals surface area contributed by atoms with Gasteiger partial charge in [-0.05, 0) is 37.8 Å².